The fourth-order valence-electron chi connectivity index (χ4n) is 2.97. The molecule has 0 amide bonds. The first-order valence-corrected chi connectivity index (χ1v) is 7.24. The summed E-state index contributed by atoms with van der Waals surface area (Å²) in [5.41, 5.74) is 5.82. The van der Waals surface area contributed by atoms with Gasteiger partial charge in [0.2, 0.25) is 0 Å². The highest BCUT2D eigenvalue weighted by molar-refractivity contribution is 5.62. The number of hydrogen-bond acceptors (Lipinski definition) is 1. The van der Waals surface area contributed by atoms with Crippen LogP contribution >= 0.6 is 0 Å². The molecule has 0 bridgehead atoms. The Hall–Kier alpha value is -1.76. The van der Waals surface area contributed by atoms with Gasteiger partial charge in [-0.1, -0.05) is 48.5 Å². The number of nitrogens with one attached hydrogen (secondary N) is 1. The summed E-state index contributed by atoms with van der Waals surface area (Å²) in [4.78, 5) is 0. The molecule has 0 spiro atoms. The minimum atomic E-state index is 0.588. The van der Waals surface area contributed by atoms with Gasteiger partial charge in [0.05, 0.1) is 0 Å². The Labute approximate surface area is 115 Å². The zero-order chi connectivity index (χ0) is 13.1. The van der Waals surface area contributed by atoms with Gasteiger partial charge in [-0.2, -0.15) is 0 Å². The van der Waals surface area contributed by atoms with Crippen molar-refractivity contribution in [1.29, 1.82) is 0 Å². The molecule has 1 unspecified atom stereocenters. The summed E-state index contributed by atoms with van der Waals surface area (Å²) >= 11 is 0. The van der Waals surface area contributed by atoms with Crippen molar-refractivity contribution in [3.63, 3.8) is 0 Å². The van der Waals surface area contributed by atoms with Crippen LogP contribution in [0.3, 0.4) is 0 Å². The van der Waals surface area contributed by atoms with Gasteiger partial charge in [0, 0.05) is 11.7 Å². The van der Waals surface area contributed by atoms with E-state index in [2.05, 4.69) is 60.8 Å². The molecule has 2 aromatic carbocycles. The maximum absolute atomic E-state index is 3.61. The Morgan fingerprint density at radius 1 is 1.00 bits per heavy atom. The first kappa shape index (κ1) is 12.3. The number of anilines is 1. The molecular weight excluding hydrogens is 230 g/mol. The molecule has 0 fully saturated rings. The van der Waals surface area contributed by atoms with Crippen LogP contribution < -0.4 is 5.32 Å². The van der Waals surface area contributed by atoms with E-state index in [0.717, 1.165) is 6.42 Å². The summed E-state index contributed by atoms with van der Waals surface area (Å²) in [6.07, 6.45) is 4.72. The lowest BCUT2D eigenvalue weighted by atomic mass is 10.0. The highest BCUT2D eigenvalue weighted by Crippen LogP contribution is 2.30. The van der Waals surface area contributed by atoms with E-state index in [1.807, 2.05) is 0 Å². The van der Waals surface area contributed by atoms with Gasteiger partial charge in [0.25, 0.3) is 0 Å². The zero-order valence-corrected chi connectivity index (χ0v) is 11.5. The standard InChI is InChI=1S/C18H21N/c1-14-13-17-12-6-11-16(18(17)19-14)10-5-9-15-7-3-2-4-8-15/h2-4,6-8,11-12,14,19H,5,9-10,13H2,1H3. The molecule has 0 aliphatic carbocycles. The van der Waals surface area contributed by atoms with Gasteiger partial charge in [-0.05, 0) is 49.3 Å². The van der Waals surface area contributed by atoms with Gasteiger partial charge < -0.3 is 5.32 Å². The highest BCUT2D eigenvalue weighted by atomic mass is 14.9. The summed E-state index contributed by atoms with van der Waals surface area (Å²) < 4.78 is 0. The van der Waals surface area contributed by atoms with Gasteiger partial charge in [-0.25, -0.2) is 0 Å². The third kappa shape index (κ3) is 2.81. The van der Waals surface area contributed by atoms with Crippen LogP contribution in [0, 0.1) is 0 Å². The van der Waals surface area contributed by atoms with Crippen molar-refractivity contribution in [1.82, 2.24) is 0 Å². The quantitative estimate of drug-likeness (QED) is 0.858. The van der Waals surface area contributed by atoms with E-state index in [4.69, 9.17) is 0 Å². The molecular formula is C18H21N. The van der Waals surface area contributed by atoms with Gasteiger partial charge in [-0.3, -0.25) is 0 Å². The van der Waals surface area contributed by atoms with Crippen LogP contribution in [-0.4, -0.2) is 6.04 Å². The van der Waals surface area contributed by atoms with Crippen LogP contribution in [0.1, 0.15) is 30.0 Å². The summed E-state index contributed by atoms with van der Waals surface area (Å²) in [7, 11) is 0. The molecule has 1 aliphatic rings. The summed E-state index contributed by atoms with van der Waals surface area (Å²) in [5, 5.41) is 3.61. The molecule has 98 valence electrons. The molecule has 3 rings (SSSR count). The van der Waals surface area contributed by atoms with E-state index >= 15 is 0 Å². The molecule has 0 saturated carbocycles. The molecule has 1 aliphatic heterocycles. The van der Waals surface area contributed by atoms with Gasteiger partial charge in [0.1, 0.15) is 0 Å². The van der Waals surface area contributed by atoms with Crippen LogP contribution in [0.2, 0.25) is 0 Å². The van der Waals surface area contributed by atoms with Crippen LogP contribution in [0.25, 0.3) is 0 Å². The maximum atomic E-state index is 3.61. The normalized spacial score (nSPS) is 17.0. The van der Waals surface area contributed by atoms with Crippen molar-refractivity contribution in [3.8, 4) is 0 Å². The van der Waals surface area contributed by atoms with Crippen LogP contribution in [0.5, 0.6) is 0 Å². The average molecular weight is 251 g/mol. The average Bonchev–Trinajstić information content (AvgIpc) is 2.81. The Bertz CT molecular complexity index is 545. The van der Waals surface area contributed by atoms with Crippen molar-refractivity contribution < 1.29 is 0 Å². The lowest BCUT2D eigenvalue weighted by Gasteiger charge is -2.10. The van der Waals surface area contributed by atoms with Crippen LogP contribution in [0.4, 0.5) is 5.69 Å². The second-order valence-electron chi connectivity index (χ2n) is 5.54. The molecule has 1 heterocycles. The van der Waals surface area contributed by atoms with Gasteiger partial charge in [0.15, 0.2) is 0 Å². The van der Waals surface area contributed by atoms with Crippen LogP contribution in [0.15, 0.2) is 48.5 Å². The van der Waals surface area contributed by atoms with E-state index in [-0.39, 0.29) is 0 Å². The molecule has 0 radical (unpaired) electrons. The predicted octanol–water partition coefficient (Wildman–Crippen LogP) is 4.22. The monoisotopic (exact) mass is 251 g/mol. The Morgan fingerprint density at radius 3 is 2.68 bits per heavy atom. The third-order valence-corrected chi connectivity index (χ3v) is 3.91. The largest absolute Gasteiger partial charge is 0.382 e. The number of fused-ring (bicyclic) bond motifs is 1. The first-order chi connectivity index (χ1) is 9.33. The van der Waals surface area contributed by atoms with E-state index in [1.165, 1.54) is 41.6 Å². The van der Waals surface area contributed by atoms with Gasteiger partial charge in [-0.15, -0.1) is 0 Å². The topological polar surface area (TPSA) is 12.0 Å². The molecule has 0 aromatic heterocycles. The minimum absolute atomic E-state index is 0.588. The lowest BCUT2D eigenvalue weighted by Crippen LogP contribution is -2.09. The number of para-hydroxylation sites is 1. The van der Waals surface area contributed by atoms with Crippen LogP contribution in [-0.2, 0) is 19.3 Å². The predicted molar refractivity (Wildman–Crippen MR) is 81.7 cm³/mol. The fraction of sp³-hybridized carbons (Fsp3) is 0.333. The second-order valence-corrected chi connectivity index (χ2v) is 5.54. The highest BCUT2D eigenvalue weighted by Gasteiger charge is 2.18. The SMILES string of the molecule is CC1Cc2cccc(CCCc3ccccc3)c2N1. The molecule has 2 aromatic rings. The maximum Gasteiger partial charge on any atom is 0.0408 e. The van der Waals surface area contributed by atoms with Crippen molar-refractivity contribution >= 4 is 5.69 Å². The second kappa shape index (κ2) is 5.48. The lowest BCUT2D eigenvalue weighted by molar-refractivity contribution is 0.819. The molecule has 1 atom stereocenters. The first-order valence-electron chi connectivity index (χ1n) is 7.24. The van der Waals surface area contributed by atoms with E-state index in [0.29, 0.717) is 6.04 Å². The smallest absolute Gasteiger partial charge is 0.0408 e. The summed E-state index contributed by atoms with van der Waals surface area (Å²) in [5.74, 6) is 0. The number of benzene rings is 2. The fourth-order valence-corrected chi connectivity index (χ4v) is 2.97. The summed E-state index contributed by atoms with van der Waals surface area (Å²) in [6, 6.07) is 18.1. The van der Waals surface area contributed by atoms with E-state index < -0.39 is 0 Å². The van der Waals surface area contributed by atoms with Crippen molar-refractivity contribution in [2.45, 2.75) is 38.6 Å². The molecule has 1 N–H and O–H groups in total. The van der Waals surface area contributed by atoms with Gasteiger partial charge >= 0.3 is 0 Å². The summed E-state index contributed by atoms with van der Waals surface area (Å²) in [6.45, 7) is 2.26. The zero-order valence-electron chi connectivity index (χ0n) is 11.5. The molecule has 0 saturated heterocycles. The third-order valence-electron chi connectivity index (χ3n) is 3.91. The van der Waals surface area contributed by atoms with E-state index in [9.17, 15) is 0 Å². The van der Waals surface area contributed by atoms with E-state index in [1.54, 1.807) is 0 Å². The molecule has 1 nitrogen and oxygen atoms in total. The number of hydrogen-bond donors (Lipinski definition) is 1. The number of rotatable bonds is 4. The van der Waals surface area contributed by atoms with Crippen molar-refractivity contribution in [2.75, 3.05) is 5.32 Å². The molecule has 1 heteroatoms. The Morgan fingerprint density at radius 2 is 1.84 bits per heavy atom. The molecule has 19 heavy (non-hydrogen) atoms. The Kier molecular flexibility index (Phi) is 3.54. The minimum Gasteiger partial charge on any atom is -0.382 e. The number of aryl methyl sites for hydroxylation is 2. The van der Waals surface area contributed by atoms with Crippen molar-refractivity contribution in [3.05, 3.63) is 65.2 Å². The van der Waals surface area contributed by atoms with Crippen molar-refractivity contribution in [2.24, 2.45) is 0 Å². The Balaban J connectivity index is 1.64.